The average Bonchev–Trinajstić information content (AvgIpc) is 3.66. The van der Waals surface area contributed by atoms with Gasteiger partial charge in [0.2, 0.25) is 0 Å². The molecule has 6 N–H and O–H groups in total. The molecule has 12 heteroatoms. The van der Waals surface area contributed by atoms with Gasteiger partial charge >= 0.3 is 0 Å². The van der Waals surface area contributed by atoms with Crippen LogP contribution in [0.1, 0.15) is 51.4 Å². The van der Waals surface area contributed by atoms with Gasteiger partial charge in [0.1, 0.15) is 0 Å². The smallest absolute Gasteiger partial charge is 0.190 e. The number of nitrogens with zero attached hydrogens (tertiary/aromatic N) is 2. The van der Waals surface area contributed by atoms with Crippen molar-refractivity contribution in [2.24, 2.45) is 9.98 Å². The molecule has 194 valence electrons. The van der Waals surface area contributed by atoms with E-state index in [1.54, 1.807) is 0 Å². The average molecular weight is 485 g/mol. The first kappa shape index (κ1) is 25.7. The molecule has 0 aromatic heterocycles. The van der Waals surface area contributed by atoms with Gasteiger partial charge < -0.3 is 29.6 Å². The summed E-state index contributed by atoms with van der Waals surface area (Å²) in [6.07, 6.45) is 8.67. The van der Waals surface area contributed by atoms with Crippen LogP contribution in [0.5, 0.6) is 0 Å². The van der Waals surface area contributed by atoms with E-state index in [2.05, 4.69) is 20.6 Å². The standard InChI is InChI=1S/C22H40N6O6/c29-27-19(25-11-9-23-13-17-15-31-21(33-17)5-1-2-6-21)20(28-30)26-12-10-24-14-18-16-32-22(34-18)7-3-4-8-22/h17-18,23-24,29-30H,1-16H2,(H,25,27)(H,26,28). The molecule has 4 aliphatic rings. The third-order valence-electron chi connectivity index (χ3n) is 6.86. The molecule has 2 saturated heterocycles. The van der Waals surface area contributed by atoms with Crippen LogP contribution in [0.25, 0.3) is 0 Å². The zero-order chi connectivity index (χ0) is 23.7. The Hall–Kier alpha value is -1.38. The Morgan fingerprint density at radius 3 is 1.50 bits per heavy atom. The van der Waals surface area contributed by atoms with Crippen molar-refractivity contribution in [3.63, 3.8) is 0 Å². The Balaban J connectivity index is 1.10. The van der Waals surface area contributed by atoms with Crippen LogP contribution in [-0.4, -0.2) is 98.4 Å². The summed E-state index contributed by atoms with van der Waals surface area (Å²) in [5.74, 6) is -0.543. The maximum absolute atomic E-state index is 9.41. The molecule has 2 aliphatic carbocycles. The van der Waals surface area contributed by atoms with E-state index >= 15 is 0 Å². The predicted molar refractivity (Wildman–Crippen MR) is 124 cm³/mol. The summed E-state index contributed by atoms with van der Waals surface area (Å²) in [6.45, 7) is 4.54. The largest absolute Gasteiger partial charge is 0.347 e. The van der Waals surface area contributed by atoms with E-state index in [0.29, 0.717) is 52.5 Å². The number of nitrogens with one attached hydrogen (secondary N) is 4. The van der Waals surface area contributed by atoms with E-state index in [1.165, 1.54) is 0 Å². The first-order valence-corrected chi connectivity index (χ1v) is 12.6. The molecule has 2 unspecified atom stereocenters. The van der Waals surface area contributed by atoms with E-state index in [4.69, 9.17) is 18.9 Å². The topological polar surface area (TPSA) is 150 Å². The van der Waals surface area contributed by atoms with Crippen LogP contribution in [0.3, 0.4) is 0 Å². The van der Waals surface area contributed by atoms with Gasteiger partial charge in [0.25, 0.3) is 0 Å². The zero-order valence-electron chi connectivity index (χ0n) is 19.9. The van der Waals surface area contributed by atoms with Crippen LogP contribution in [0.15, 0.2) is 9.98 Å². The Morgan fingerprint density at radius 1 is 0.706 bits per heavy atom. The van der Waals surface area contributed by atoms with Crippen molar-refractivity contribution >= 4 is 11.7 Å². The second kappa shape index (κ2) is 12.5. The molecule has 2 heterocycles. The van der Waals surface area contributed by atoms with E-state index in [1.807, 2.05) is 11.0 Å². The quantitative estimate of drug-likeness (QED) is 0.111. The minimum atomic E-state index is -0.346. The first-order chi connectivity index (χ1) is 16.7. The van der Waals surface area contributed by atoms with Crippen molar-refractivity contribution in [3.8, 4) is 0 Å². The second-order valence-corrected chi connectivity index (χ2v) is 9.43. The highest BCUT2D eigenvalue weighted by atomic mass is 16.8. The van der Waals surface area contributed by atoms with Gasteiger partial charge in [-0.15, -0.1) is 0 Å². The SMILES string of the molecule is ONC(=NCCNCC1COC2(CCCC2)O1)C(=NCCNCC1COC2(CCCC2)O1)NO. The lowest BCUT2D eigenvalue weighted by Gasteiger charge is -2.22. The molecule has 0 amide bonds. The maximum atomic E-state index is 9.41. The highest BCUT2D eigenvalue weighted by Gasteiger charge is 2.44. The van der Waals surface area contributed by atoms with Crippen LogP contribution in [0, 0.1) is 0 Å². The summed E-state index contributed by atoms with van der Waals surface area (Å²) >= 11 is 0. The maximum Gasteiger partial charge on any atom is 0.190 e. The van der Waals surface area contributed by atoms with Crippen LogP contribution >= 0.6 is 0 Å². The van der Waals surface area contributed by atoms with Crippen molar-refractivity contribution in [1.82, 2.24) is 21.6 Å². The number of hydrogen-bond acceptors (Lipinski definition) is 10. The fourth-order valence-corrected chi connectivity index (χ4v) is 5.13. The van der Waals surface area contributed by atoms with Crippen LogP contribution in [-0.2, 0) is 18.9 Å². The molecule has 0 bridgehead atoms. The zero-order valence-corrected chi connectivity index (χ0v) is 19.9. The van der Waals surface area contributed by atoms with Gasteiger partial charge in [-0.2, -0.15) is 0 Å². The third kappa shape index (κ3) is 6.85. The molecule has 0 aromatic carbocycles. The van der Waals surface area contributed by atoms with E-state index in [9.17, 15) is 10.4 Å². The summed E-state index contributed by atoms with van der Waals surface area (Å²) in [4.78, 5) is 8.52. The predicted octanol–water partition coefficient (Wildman–Crippen LogP) is 0.292. The Kier molecular flexibility index (Phi) is 9.48. The summed E-state index contributed by atoms with van der Waals surface area (Å²) in [5, 5.41) is 25.4. The minimum absolute atomic E-state index is 0.0474. The van der Waals surface area contributed by atoms with Crippen LogP contribution in [0.2, 0.25) is 0 Å². The lowest BCUT2D eigenvalue weighted by molar-refractivity contribution is -0.161. The molecule has 0 radical (unpaired) electrons. The van der Waals surface area contributed by atoms with Gasteiger partial charge in [0.05, 0.1) is 38.5 Å². The van der Waals surface area contributed by atoms with E-state index < -0.39 is 0 Å². The van der Waals surface area contributed by atoms with Gasteiger partial charge in [0, 0.05) is 51.9 Å². The van der Waals surface area contributed by atoms with Gasteiger partial charge in [-0.25, -0.2) is 11.0 Å². The van der Waals surface area contributed by atoms with Crippen molar-refractivity contribution in [3.05, 3.63) is 0 Å². The van der Waals surface area contributed by atoms with E-state index in [0.717, 1.165) is 51.4 Å². The molecular formula is C22H40N6O6. The molecule has 4 fully saturated rings. The number of aliphatic imine (C=N–C) groups is 2. The molecule has 4 rings (SSSR count). The minimum Gasteiger partial charge on any atom is -0.347 e. The van der Waals surface area contributed by atoms with Crippen molar-refractivity contribution in [2.45, 2.75) is 75.1 Å². The number of ether oxygens (including phenoxy) is 4. The molecule has 2 spiro atoms. The molecule has 34 heavy (non-hydrogen) atoms. The normalized spacial score (nSPS) is 28.4. The first-order valence-electron chi connectivity index (χ1n) is 12.6. The molecule has 2 atom stereocenters. The monoisotopic (exact) mass is 484 g/mol. The Labute approximate surface area is 200 Å². The van der Waals surface area contributed by atoms with Gasteiger partial charge in [0.15, 0.2) is 23.2 Å². The van der Waals surface area contributed by atoms with Crippen molar-refractivity contribution in [1.29, 1.82) is 0 Å². The number of hydrogen-bond donors (Lipinski definition) is 6. The molecule has 2 aliphatic heterocycles. The Morgan fingerprint density at radius 2 is 1.12 bits per heavy atom. The molecule has 2 saturated carbocycles. The van der Waals surface area contributed by atoms with Gasteiger partial charge in [-0.3, -0.25) is 20.4 Å². The van der Waals surface area contributed by atoms with Crippen molar-refractivity contribution < 1.29 is 29.4 Å². The Bertz CT molecular complexity index is 637. The summed E-state index contributed by atoms with van der Waals surface area (Å²) < 4.78 is 23.9. The summed E-state index contributed by atoms with van der Waals surface area (Å²) in [6, 6.07) is 0. The molecule has 12 nitrogen and oxygen atoms in total. The number of hydroxylamine groups is 2. The lowest BCUT2D eigenvalue weighted by atomic mass is 10.2. The second-order valence-electron chi connectivity index (χ2n) is 9.43. The fourth-order valence-electron chi connectivity index (χ4n) is 5.13. The summed E-state index contributed by atoms with van der Waals surface area (Å²) in [7, 11) is 0. The summed E-state index contributed by atoms with van der Waals surface area (Å²) in [5.41, 5.74) is 4.00. The lowest BCUT2D eigenvalue weighted by Crippen LogP contribution is -2.39. The van der Waals surface area contributed by atoms with Crippen LogP contribution < -0.4 is 21.6 Å². The molecule has 0 aromatic rings. The highest BCUT2D eigenvalue weighted by Crippen LogP contribution is 2.39. The van der Waals surface area contributed by atoms with Crippen LogP contribution in [0.4, 0.5) is 0 Å². The number of amidine groups is 2. The molecular weight excluding hydrogens is 444 g/mol. The number of rotatable bonds is 10. The van der Waals surface area contributed by atoms with Gasteiger partial charge in [-0.1, -0.05) is 0 Å². The highest BCUT2D eigenvalue weighted by molar-refractivity contribution is 6.39. The van der Waals surface area contributed by atoms with E-state index in [-0.39, 0.29) is 35.5 Å². The van der Waals surface area contributed by atoms with Gasteiger partial charge in [-0.05, 0) is 25.7 Å². The fraction of sp³-hybridized carbons (Fsp3) is 0.909. The third-order valence-corrected chi connectivity index (χ3v) is 6.86. The van der Waals surface area contributed by atoms with Crippen molar-refractivity contribution in [2.75, 3.05) is 52.5 Å².